The van der Waals surface area contributed by atoms with Gasteiger partial charge in [-0.15, -0.1) is 11.8 Å². The van der Waals surface area contributed by atoms with Crippen molar-refractivity contribution in [2.45, 2.75) is 6.10 Å². The predicted molar refractivity (Wildman–Crippen MR) is 60.2 cm³/mol. The molecule has 1 aromatic carbocycles. The lowest BCUT2D eigenvalue weighted by atomic mass is 10.1. The van der Waals surface area contributed by atoms with Crippen LogP contribution in [0, 0.1) is 0 Å². The number of rotatable bonds is 1. The maximum Gasteiger partial charge on any atom is 0.0924 e. The smallest absolute Gasteiger partial charge is 0.0924 e. The first-order valence-electron chi connectivity index (χ1n) is 4.18. The normalized spacial score (nSPS) is 23.1. The highest BCUT2D eigenvalue weighted by Crippen LogP contribution is 2.27. The van der Waals surface area contributed by atoms with Crippen LogP contribution in [0.2, 0.25) is 0 Å². The van der Waals surface area contributed by atoms with Crippen molar-refractivity contribution < 1.29 is 4.74 Å². The van der Waals surface area contributed by atoms with E-state index in [0.717, 1.165) is 9.95 Å². The maximum absolute atomic E-state index is 5.61. The fourth-order valence-electron chi connectivity index (χ4n) is 1.29. The molecule has 1 atom stereocenters. The standard InChI is InChI=1S/C10H10OS2/c12-10-6-11-9(7-13-10)8-4-2-1-3-5-8/h1-5,9H,6-7H2/t9-/m1/s1. The van der Waals surface area contributed by atoms with E-state index in [1.807, 2.05) is 18.2 Å². The van der Waals surface area contributed by atoms with Gasteiger partial charge in [0.15, 0.2) is 0 Å². The monoisotopic (exact) mass is 210 g/mol. The molecule has 0 spiro atoms. The van der Waals surface area contributed by atoms with Crippen molar-refractivity contribution in [3.63, 3.8) is 0 Å². The zero-order valence-electron chi connectivity index (χ0n) is 7.10. The molecule has 13 heavy (non-hydrogen) atoms. The summed E-state index contributed by atoms with van der Waals surface area (Å²) in [5.41, 5.74) is 1.25. The van der Waals surface area contributed by atoms with Crippen molar-refractivity contribution in [2.75, 3.05) is 12.4 Å². The number of benzene rings is 1. The molecule has 1 aromatic rings. The lowest BCUT2D eigenvalue weighted by Crippen LogP contribution is -2.18. The lowest BCUT2D eigenvalue weighted by Gasteiger charge is -2.22. The molecule has 1 saturated heterocycles. The van der Waals surface area contributed by atoms with E-state index < -0.39 is 0 Å². The quantitative estimate of drug-likeness (QED) is 0.660. The number of hydrogen-bond acceptors (Lipinski definition) is 3. The third-order valence-corrected chi connectivity index (χ3v) is 3.35. The minimum absolute atomic E-state index is 0.220. The van der Waals surface area contributed by atoms with Crippen LogP contribution in [0.15, 0.2) is 30.3 Å². The molecule has 1 fully saturated rings. The second-order valence-electron chi connectivity index (χ2n) is 2.89. The van der Waals surface area contributed by atoms with E-state index in [-0.39, 0.29) is 6.10 Å². The highest BCUT2D eigenvalue weighted by Gasteiger charge is 2.18. The summed E-state index contributed by atoms with van der Waals surface area (Å²) in [6.45, 7) is 0.611. The van der Waals surface area contributed by atoms with Crippen LogP contribution in [0.25, 0.3) is 0 Å². The second kappa shape index (κ2) is 4.22. The molecule has 1 aliphatic rings. The zero-order chi connectivity index (χ0) is 9.10. The maximum atomic E-state index is 5.61. The van der Waals surface area contributed by atoms with Crippen LogP contribution >= 0.6 is 24.0 Å². The molecule has 0 aliphatic carbocycles. The molecule has 0 saturated carbocycles. The van der Waals surface area contributed by atoms with Gasteiger partial charge in [-0.25, -0.2) is 0 Å². The molecule has 2 rings (SSSR count). The van der Waals surface area contributed by atoms with Gasteiger partial charge < -0.3 is 4.74 Å². The van der Waals surface area contributed by atoms with E-state index in [1.54, 1.807) is 11.8 Å². The molecule has 1 aliphatic heterocycles. The minimum Gasteiger partial charge on any atom is -0.367 e. The Bertz CT molecular complexity index is 287. The molecule has 0 bridgehead atoms. The number of thiocarbonyl (C=S) groups is 1. The van der Waals surface area contributed by atoms with E-state index in [4.69, 9.17) is 17.0 Å². The Morgan fingerprint density at radius 2 is 2.08 bits per heavy atom. The molecule has 0 amide bonds. The van der Waals surface area contributed by atoms with E-state index in [2.05, 4.69) is 12.1 Å². The van der Waals surface area contributed by atoms with Crippen LogP contribution in [0.1, 0.15) is 11.7 Å². The van der Waals surface area contributed by atoms with Gasteiger partial charge in [0.25, 0.3) is 0 Å². The van der Waals surface area contributed by atoms with Gasteiger partial charge in [0.1, 0.15) is 0 Å². The summed E-state index contributed by atoms with van der Waals surface area (Å²) in [7, 11) is 0. The van der Waals surface area contributed by atoms with Gasteiger partial charge in [-0.3, -0.25) is 0 Å². The van der Waals surface area contributed by atoms with Gasteiger partial charge >= 0.3 is 0 Å². The number of ether oxygens (including phenoxy) is 1. The molecule has 0 N–H and O–H groups in total. The Morgan fingerprint density at radius 1 is 1.31 bits per heavy atom. The van der Waals surface area contributed by atoms with Crippen LogP contribution in [0.4, 0.5) is 0 Å². The largest absolute Gasteiger partial charge is 0.367 e. The van der Waals surface area contributed by atoms with Gasteiger partial charge in [0, 0.05) is 5.75 Å². The van der Waals surface area contributed by atoms with Crippen molar-refractivity contribution in [3.8, 4) is 0 Å². The summed E-state index contributed by atoms with van der Waals surface area (Å²) in [5.74, 6) is 0.947. The summed E-state index contributed by atoms with van der Waals surface area (Å²) in [6, 6.07) is 10.3. The zero-order valence-corrected chi connectivity index (χ0v) is 8.74. The molecule has 0 aromatic heterocycles. The van der Waals surface area contributed by atoms with Crippen molar-refractivity contribution in [1.82, 2.24) is 0 Å². The summed E-state index contributed by atoms with van der Waals surface area (Å²) in [6.07, 6.45) is 0.220. The molecule has 3 heteroatoms. The summed E-state index contributed by atoms with van der Waals surface area (Å²) < 4.78 is 6.58. The van der Waals surface area contributed by atoms with E-state index in [1.165, 1.54) is 5.56 Å². The fourth-order valence-corrected chi connectivity index (χ4v) is 2.34. The van der Waals surface area contributed by atoms with Gasteiger partial charge in [0.05, 0.1) is 16.9 Å². The highest BCUT2D eigenvalue weighted by molar-refractivity contribution is 8.23. The fraction of sp³-hybridized carbons (Fsp3) is 0.300. The molecule has 0 unspecified atom stereocenters. The van der Waals surface area contributed by atoms with Crippen molar-refractivity contribution in [1.29, 1.82) is 0 Å². The number of hydrogen-bond donors (Lipinski definition) is 0. The average Bonchev–Trinajstić information content (AvgIpc) is 2.20. The van der Waals surface area contributed by atoms with Crippen molar-refractivity contribution in [2.24, 2.45) is 0 Å². The summed E-state index contributed by atoms with van der Waals surface area (Å²) in [4.78, 5) is 0. The lowest BCUT2D eigenvalue weighted by molar-refractivity contribution is 0.0992. The van der Waals surface area contributed by atoms with Gasteiger partial charge in [-0.2, -0.15) is 0 Å². The molecule has 1 heterocycles. The Hall–Kier alpha value is -0.380. The van der Waals surface area contributed by atoms with Crippen LogP contribution < -0.4 is 0 Å². The topological polar surface area (TPSA) is 9.23 Å². The van der Waals surface area contributed by atoms with Gasteiger partial charge in [0.2, 0.25) is 0 Å². The Balaban J connectivity index is 2.07. The Morgan fingerprint density at radius 3 is 2.69 bits per heavy atom. The Labute approximate surface area is 87.5 Å². The number of thioether (sulfide) groups is 1. The summed E-state index contributed by atoms with van der Waals surface area (Å²) >= 11 is 6.77. The van der Waals surface area contributed by atoms with Gasteiger partial charge in [-0.05, 0) is 5.56 Å². The second-order valence-corrected chi connectivity index (χ2v) is 4.76. The van der Waals surface area contributed by atoms with Crippen molar-refractivity contribution in [3.05, 3.63) is 35.9 Å². The molecule has 0 radical (unpaired) electrons. The van der Waals surface area contributed by atoms with E-state index >= 15 is 0 Å². The third kappa shape index (κ3) is 2.30. The van der Waals surface area contributed by atoms with Crippen LogP contribution in [0.5, 0.6) is 0 Å². The third-order valence-electron chi connectivity index (χ3n) is 1.97. The average molecular weight is 210 g/mol. The first kappa shape index (κ1) is 9.19. The molecular weight excluding hydrogens is 200 g/mol. The van der Waals surface area contributed by atoms with E-state index in [0.29, 0.717) is 6.61 Å². The van der Waals surface area contributed by atoms with Gasteiger partial charge in [-0.1, -0.05) is 42.5 Å². The SMILES string of the molecule is S=C1CO[C@@H](c2ccccc2)CS1. The first-order chi connectivity index (χ1) is 6.36. The predicted octanol–water partition coefficient (Wildman–Crippen LogP) is 2.82. The van der Waals surface area contributed by atoms with E-state index in [9.17, 15) is 0 Å². The molecule has 1 nitrogen and oxygen atoms in total. The first-order valence-corrected chi connectivity index (χ1v) is 5.58. The Kier molecular flexibility index (Phi) is 2.98. The molecule has 68 valence electrons. The van der Waals surface area contributed by atoms with Crippen molar-refractivity contribution >= 4 is 28.2 Å². The molecular formula is C10H10OS2. The van der Waals surface area contributed by atoms with Crippen LogP contribution in [-0.4, -0.2) is 16.6 Å². The minimum atomic E-state index is 0.220. The van der Waals surface area contributed by atoms with Crippen LogP contribution in [0.3, 0.4) is 0 Å². The highest BCUT2D eigenvalue weighted by atomic mass is 32.2. The van der Waals surface area contributed by atoms with Crippen LogP contribution in [-0.2, 0) is 4.74 Å². The summed E-state index contributed by atoms with van der Waals surface area (Å²) in [5, 5.41) is 0.